The molecule has 3 heteroatoms. The van der Waals surface area contributed by atoms with Gasteiger partial charge < -0.3 is 10.0 Å². The molecular weight excluding hydrogens is 260 g/mol. The molecule has 0 bridgehead atoms. The third-order valence-electron chi connectivity index (χ3n) is 5.39. The molecule has 2 fully saturated rings. The number of benzene rings is 1. The molecule has 2 unspecified atom stereocenters. The summed E-state index contributed by atoms with van der Waals surface area (Å²) in [6.45, 7) is 1.92. The molecule has 4 rings (SSSR count). The number of piperidine rings is 1. The molecule has 1 aromatic carbocycles. The molecule has 2 aliphatic rings. The quantitative estimate of drug-likeness (QED) is 0.871. The lowest BCUT2D eigenvalue weighted by Gasteiger charge is -2.48. The van der Waals surface area contributed by atoms with E-state index >= 15 is 0 Å². The second kappa shape index (κ2) is 4.99. The second-order valence-corrected chi connectivity index (χ2v) is 6.59. The van der Waals surface area contributed by atoms with Gasteiger partial charge in [-0.2, -0.15) is 0 Å². The van der Waals surface area contributed by atoms with Gasteiger partial charge in [0.25, 0.3) is 0 Å². The van der Waals surface area contributed by atoms with Crippen molar-refractivity contribution in [3.63, 3.8) is 0 Å². The third-order valence-corrected chi connectivity index (χ3v) is 5.39. The standard InChI is InChI=1S/C18H22N2O/c21-18-9-4-3-5-14(18)13-20(12-10-18)17-8-11-19-16-7-2-1-6-15(16)17/h1-2,6-8,11,14,21H,3-5,9-10,12-13H2. The summed E-state index contributed by atoms with van der Waals surface area (Å²) in [4.78, 5) is 6.91. The molecule has 3 nitrogen and oxygen atoms in total. The van der Waals surface area contributed by atoms with Crippen LogP contribution in [0.15, 0.2) is 36.5 Å². The number of para-hydroxylation sites is 1. The fourth-order valence-electron chi connectivity index (χ4n) is 4.15. The van der Waals surface area contributed by atoms with Crippen LogP contribution in [0.3, 0.4) is 0 Å². The molecule has 1 saturated carbocycles. The molecule has 0 amide bonds. The lowest BCUT2D eigenvalue weighted by atomic mass is 9.71. The molecule has 110 valence electrons. The molecular formula is C18H22N2O. The number of aliphatic hydroxyl groups is 1. The summed E-state index contributed by atoms with van der Waals surface area (Å²) in [6.07, 6.45) is 7.40. The van der Waals surface area contributed by atoms with Crippen LogP contribution in [0.1, 0.15) is 32.1 Å². The summed E-state index contributed by atoms with van der Waals surface area (Å²) in [5.41, 5.74) is 1.92. The molecule has 0 radical (unpaired) electrons. The van der Waals surface area contributed by atoms with Crippen molar-refractivity contribution in [3.05, 3.63) is 36.5 Å². The van der Waals surface area contributed by atoms with Crippen molar-refractivity contribution in [1.82, 2.24) is 4.98 Å². The lowest BCUT2D eigenvalue weighted by molar-refractivity contribution is -0.0612. The predicted octanol–water partition coefficient (Wildman–Crippen LogP) is 3.37. The monoisotopic (exact) mass is 282 g/mol. The van der Waals surface area contributed by atoms with E-state index in [9.17, 15) is 5.11 Å². The topological polar surface area (TPSA) is 36.4 Å². The van der Waals surface area contributed by atoms with Crippen molar-refractivity contribution in [2.24, 2.45) is 5.92 Å². The smallest absolute Gasteiger partial charge is 0.0722 e. The normalized spacial score (nSPS) is 29.4. The average Bonchev–Trinajstić information content (AvgIpc) is 2.53. The Morgan fingerprint density at radius 3 is 3.00 bits per heavy atom. The van der Waals surface area contributed by atoms with Crippen molar-refractivity contribution < 1.29 is 5.11 Å². The molecule has 2 atom stereocenters. The van der Waals surface area contributed by atoms with Crippen LogP contribution < -0.4 is 4.90 Å². The Morgan fingerprint density at radius 1 is 1.14 bits per heavy atom. The minimum atomic E-state index is -0.405. The first kappa shape index (κ1) is 13.1. The van der Waals surface area contributed by atoms with E-state index in [1.807, 2.05) is 12.3 Å². The fourth-order valence-corrected chi connectivity index (χ4v) is 4.15. The largest absolute Gasteiger partial charge is 0.389 e. The number of aromatic nitrogens is 1. The molecule has 2 aromatic rings. The van der Waals surface area contributed by atoms with E-state index in [0.29, 0.717) is 5.92 Å². The van der Waals surface area contributed by atoms with Gasteiger partial charge in [-0.1, -0.05) is 31.0 Å². The second-order valence-electron chi connectivity index (χ2n) is 6.59. The van der Waals surface area contributed by atoms with Crippen molar-refractivity contribution in [2.45, 2.75) is 37.7 Å². The highest BCUT2D eigenvalue weighted by molar-refractivity contribution is 5.91. The zero-order chi connectivity index (χ0) is 14.3. The van der Waals surface area contributed by atoms with Crippen molar-refractivity contribution in [1.29, 1.82) is 0 Å². The van der Waals surface area contributed by atoms with Gasteiger partial charge in [-0.05, 0) is 31.4 Å². The number of pyridine rings is 1. The number of hydrogen-bond acceptors (Lipinski definition) is 3. The molecule has 1 aromatic heterocycles. The molecule has 2 heterocycles. The minimum Gasteiger partial charge on any atom is -0.389 e. The van der Waals surface area contributed by atoms with E-state index in [-0.39, 0.29) is 0 Å². The van der Waals surface area contributed by atoms with Gasteiger partial charge >= 0.3 is 0 Å². The van der Waals surface area contributed by atoms with Gasteiger partial charge in [0.15, 0.2) is 0 Å². The first-order valence-electron chi connectivity index (χ1n) is 8.07. The van der Waals surface area contributed by atoms with Gasteiger partial charge in [-0.25, -0.2) is 0 Å². The fraction of sp³-hybridized carbons (Fsp3) is 0.500. The van der Waals surface area contributed by atoms with Crippen LogP contribution in [0, 0.1) is 5.92 Å². The number of nitrogens with zero attached hydrogens (tertiary/aromatic N) is 2. The van der Waals surface area contributed by atoms with E-state index in [2.05, 4.69) is 34.1 Å². The maximum atomic E-state index is 10.8. The van der Waals surface area contributed by atoms with E-state index in [1.54, 1.807) is 0 Å². The Hall–Kier alpha value is -1.61. The summed E-state index contributed by atoms with van der Waals surface area (Å²) in [7, 11) is 0. The maximum absolute atomic E-state index is 10.8. The zero-order valence-electron chi connectivity index (χ0n) is 12.3. The summed E-state index contributed by atoms with van der Waals surface area (Å²) in [5, 5.41) is 12.1. The third kappa shape index (κ3) is 2.20. The van der Waals surface area contributed by atoms with Gasteiger partial charge in [0.2, 0.25) is 0 Å². The zero-order valence-corrected chi connectivity index (χ0v) is 12.3. The van der Waals surface area contributed by atoms with Crippen LogP contribution in [-0.4, -0.2) is 28.8 Å². The summed E-state index contributed by atoms with van der Waals surface area (Å²) < 4.78 is 0. The molecule has 1 N–H and O–H groups in total. The molecule has 1 aliphatic heterocycles. The van der Waals surface area contributed by atoms with Gasteiger partial charge in [-0.15, -0.1) is 0 Å². The Balaban J connectivity index is 1.67. The van der Waals surface area contributed by atoms with E-state index in [4.69, 9.17) is 0 Å². The lowest BCUT2D eigenvalue weighted by Crippen LogP contribution is -2.53. The number of fused-ring (bicyclic) bond motifs is 2. The number of hydrogen-bond donors (Lipinski definition) is 1. The Kier molecular flexibility index (Phi) is 3.11. The van der Waals surface area contributed by atoms with E-state index < -0.39 is 5.60 Å². The molecule has 1 aliphatic carbocycles. The first-order valence-corrected chi connectivity index (χ1v) is 8.07. The van der Waals surface area contributed by atoms with Crippen LogP contribution >= 0.6 is 0 Å². The van der Waals surface area contributed by atoms with Crippen LogP contribution in [0.4, 0.5) is 5.69 Å². The SMILES string of the molecule is OC12CCCCC1CN(c1ccnc3ccccc13)CC2. The average molecular weight is 282 g/mol. The van der Waals surface area contributed by atoms with Crippen molar-refractivity contribution >= 4 is 16.6 Å². The highest BCUT2D eigenvalue weighted by Crippen LogP contribution is 2.41. The summed E-state index contributed by atoms with van der Waals surface area (Å²) in [5.74, 6) is 0.423. The van der Waals surface area contributed by atoms with Gasteiger partial charge in [0, 0.05) is 36.3 Å². The predicted molar refractivity (Wildman–Crippen MR) is 85.5 cm³/mol. The van der Waals surface area contributed by atoms with Crippen molar-refractivity contribution in [2.75, 3.05) is 18.0 Å². The first-order chi connectivity index (χ1) is 10.3. The minimum absolute atomic E-state index is 0.405. The van der Waals surface area contributed by atoms with Crippen LogP contribution in [0.2, 0.25) is 0 Å². The van der Waals surface area contributed by atoms with Crippen molar-refractivity contribution in [3.8, 4) is 0 Å². The van der Waals surface area contributed by atoms with E-state index in [0.717, 1.165) is 37.9 Å². The van der Waals surface area contributed by atoms with Crippen LogP contribution in [0.25, 0.3) is 10.9 Å². The van der Waals surface area contributed by atoms with Gasteiger partial charge in [0.1, 0.15) is 0 Å². The van der Waals surface area contributed by atoms with Gasteiger partial charge in [0.05, 0.1) is 11.1 Å². The highest BCUT2D eigenvalue weighted by atomic mass is 16.3. The Labute approximate surface area is 125 Å². The van der Waals surface area contributed by atoms with Crippen LogP contribution in [0.5, 0.6) is 0 Å². The summed E-state index contributed by atoms with van der Waals surface area (Å²) >= 11 is 0. The number of anilines is 1. The Bertz CT molecular complexity index is 651. The molecule has 0 spiro atoms. The maximum Gasteiger partial charge on any atom is 0.0722 e. The Morgan fingerprint density at radius 2 is 2.05 bits per heavy atom. The van der Waals surface area contributed by atoms with E-state index in [1.165, 1.54) is 23.9 Å². The van der Waals surface area contributed by atoms with Crippen LogP contribution in [-0.2, 0) is 0 Å². The molecule has 21 heavy (non-hydrogen) atoms. The summed E-state index contributed by atoms with van der Waals surface area (Å²) in [6, 6.07) is 10.5. The van der Waals surface area contributed by atoms with Gasteiger partial charge in [-0.3, -0.25) is 4.98 Å². The highest BCUT2D eigenvalue weighted by Gasteiger charge is 2.42. The molecule has 1 saturated heterocycles. The number of rotatable bonds is 1.